The third kappa shape index (κ3) is 7.62. The van der Waals surface area contributed by atoms with E-state index in [4.69, 9.17) is 4.98 Å². The van der Waals surface area contributed by atoms with Gasteiger partial charge in [0.2, 0.25) is 10.0 Å². The summed E-state index contributed by atoms with van der Waals surface area (Å²) >= 11 is 0. The first-order valence-corrected chi connectivity index (χ1v) is 18.8. The summed E-state index contributed by atoms with van der Waals surface area (Å²) in [4.78, 5) is 9.55. The molecule has 2 aromatic heterocycles. The fraction of sp³-hybridized carbons (Fsp3) is 0.238. The Hall–Kier alpha value is -4.92. The van der Waals surface area contributed by atoms with Gasteiger partial charge in [-0.05, 0) is 46.2 Å². The Bertz CT molecular complexity index is 2020. The van der Waals surface area contributed by atoms with E-state index in [0.29, 0.717) is 5.69 Å². The maximum absolute atomic E-state index is 13.6. The number of pyridine rings is 1. The fourth-order valence-corrected chi connectivity index (χ4v) is 7.40. The van der Waals surface area contributed by atoms with Crippen LogP contribution in [0.4, 0.5) is 4.39 Å². The highest BCUT2D eigenvalue weighted by Crippen LogP contribution is 2.43. The average molecular weight is 687 g/mol. The van der Waals surface area contributed by atoms with Crippen molar-refractivity contribution < 1.29 is 12.8 Å². The van der Waals surface area contributed by atoms with Crippen LogP contribution in [0, 0.1) is 11.2 Å². The molecule has 1 atom stereocenters. The van der Waals surface area contributed by atoms with E-state index < -0.39 is 27.4 Å². The van der Waals surface area contributed by atoms with Crippen LogP contribution in [0.2, 0.25) is 0 Å². The first-order valence-electron chi connectivity index (χ1n) is 16.9. The monoisotopic (exact) mass is 686 g/mol. The van der Waals surface area contributed by atoms with E-state index >= 15 is 0 Å². The molecule has 0 aliphatic rings. The predicted octanol–water partition coefficient (Wildman–Crippen LogP) is 8.74. The predicted molar refractivity (Wildman–Crippen MR) is 199 cm³/mol. The topological polar surface area (TPSA) is 76.9 Å². The van der Waals surface area contributed by atoms with Gasteiger partial charge in [-0.15, -0.1) is 0 Å². The van der Waals surface area contributed by atoms with Crippen molar-refractivity contribution in [1.82, 2.24) is 19.3 Å². The molecular weight excluding hydrogens is 644 g/mol. The zero-order valence-electron chi connectivity index (χ0n) is 28.9. The van der Waals surface area contributed by atoms with E-state index in [1.165, 1.54) is 18.5 Å². The van der Waals surface area contributed by atoms with Crippen molar-refractivity contribution in [1.29, 1.82) is 0 Å². The van der Waals surface area contributed by atoms with E-state index in [1.807, 2.05) is 42.5 Å². The molecule has 6 aromatic rings. The lowest BCUT2D eigenvalue weighted by Crippen LogP contribution is -2.39. The standard InChI is InChI=1S/C42H43FN4O2S/c1-5-41(2,3)28-37-30-47(42(33-15-9-6-10-16-33,34-17-11-7-12-18-34)35-19-13-8-14-20-35)40(45-37)27-39(46-50(4,48)49)32-23-21-31(22-24-32)38-26-25-36(43)29-44-38/h6-26,29-30,39,46H,5,27-28H2,1-4H3. The van der Waals surface area contributed by atoms with Crippen LogP contribution in [0.1, 0.15) is 67.0 Å². The molecule has 8 heteroatoms. The Morgan fingerprint density at radius 1 is 0.780 bits per heavy atom. The van der Waals surface area contributed by atoms with Gasteiger partial charge in [0.05, 0.1) is 29.9 Å². The van der Waals surface area contributed by atoms with Gasteiger partial charge >= 0.3 is 0 Å². The zero-order valence-corrected chi connectivity index (χ0v) is 29.7. The van der Waals surface area contributed by atoms with Gasteiger partial charge < -0.3 is 4.57 Å². The molecule has 0 aliphatic heterocycles. The minimum atomic E-state index is -3.63. The molecule has 0 saturated heterocycles. The lowest BCUT2D eigenvalue weighted by Gasteiger charge is -2.39. The van der Waals surface area contributed by atoms with Gasteiger partial charge in [0, 0.05) is 18.2 Å². The second-order valence-electron chi connectivity index (χ2n) is 13.7. The summed E-state index contributed by atoms with van der Waals surface area (Å²) < 4.78 is 44.6. The number of halogens is 1. The summed E-state index contributed by atoms with van der Waals surface area (Å²) in [7, 11) is -3.63. The third-order valence-electron chi connectivity index (χ3n) is 9.46. The number of aromatic nitrogens is 3. The summed E-state index contributed by atoms with van der Waals surface area (Å²) in [5, 5.41) is 0. The number of imidazole rings is 1. The van der Waals surface area contributed by atoms with E-state index in [1.54, 1.807) is 6.07 Å². The average Bonchev–Trinajstić information content (AvgIpc) is 3.50. The number of nitrogens with one attached hydrogen (secondary N) is 1. The second-order valence-corrected chi connectivity index (χ2v) is 15.4. The van der Waals surface area contributed by atoms with Gasteiger partial charge in [-0.2, -0.15) is 0 Å². The van der Waals surface area contributed by atoms with E-state index in [2.05, 4.69) is 114 Å². The lowest BCUT2D eigenvalue weighted by atomic mass is 9.76. The minimum absolute atomic E-state index is 0.0000167. The summed E-state index contributed by atoms with van der Waals surface area (Å²) in [5.41, 5.74) is 5.49. The fourth-order valence-electron chi connectivity index (χ4n) is 6.66. The highest BCUT2D eigenvalue weighted by Gasteiger charge is 2.41. The molecule has 50 heavy (non-hydrogen) atoms. The van der Waals surface area contributed by atoms with Crippen molar-refractivity contribution in [2.75, 3.05) is 6.26 Å². The first kappa shape index (κ1) is 34.9. The smallest absolute Gasteiger partial charge is 0.209 e. The minimum Gasteiger partial charge on any atom is -0.316 e. The molecule has 0 saturated carbocycles. The van der Waals surface area contributed by atoms with Crippen molar-refractivity contribution >= 4 is 10.0 Å². The molecule has 1 N–H and O–H groups in total. The molecule has 256 valence electrons. The second kappa shape index (κ2) is 14.5. The van der Waals surface area contributed by atoms with E-state index in [-0.39, 0.29) is 11.8 Å². The van der Waals surface area contributed by atoms with Crippen LogP contribution in [0.5, 0.6) is 0 Å². The van der Waals surface area contributed by atoms with Crippen molar-refractivity contribution in [2.45, 2.75) is 51.6 Å². The molecule has 0 aliphatic carbocycles. The van der Waals surface area contributed by atoms with Gasteiger partial charge in [-0.3, -0.25) is 4.98 Å². The Morgan fingerprint density at radius 2 is 1.32 bits per heavy atom. The van der Waals surface area contributed by atoms with Gasteiger partial charge in [0.1, 0.15) is 17.2 Å². The SMILES string of the molecule is CCC(C)(C)Cc1cn(C(c2ccccc2)(c2ccccc2)c2ccccc2)c(CC(NS(C)(=O)=O)c2ccc(-c3ccc(F)cn3)cc2)n1. The number of nitrogens with zero attached hydrogens (tertiary/aromatic N) is 3. The van der Waals surface area contributed by atoms with Crippen molar-refractivity contribution in [3.63, 3.8) is 0 Å². The van der Waals surface area contributed by atoms with Crippen LogP contribution in [0.25, 0.3) is 11.3 Å². The van der Waals surface area contributed by atoms with Crippen LogP contribution in [0.3, 0.4) is 0 Å². The molecule has 1 unspecified atom stereocenters. The number of hydrogen-bond donors (Lipinski definition) is 1. The number of rotatable bonds is 13. The number of hydrogen-bond acceptors (Lipinski definition) is 4. The summed E-state index contributed by atoms with van der Waals surface area (Å²) in [6, 6.07) is 41.2. The summed E-state index contributed by atoms with van der Waals surface area (Å²) in [6.07, 6.45) is 6.54. The van der Waals surface area contributed by atoms with Crippen LogP contribution >= 0.6 is 0 Å². The zero-order chi connectivity index (χ0) is 35.4. The first-order chi connectivity index (χ1) is 24.0. The maximum atomic E-state index is 13.6. The lowest BCUT2D eigenvalue weighted by molar-refractivity contribution is 0.345. The third-order valence-corrected chi connectivity index (χ3v) is 10.2. The quantitative estimate of drug-likeness (QED) is 0.123. The highest BCUT2D eigenvalue weighted by molar-refractivity contribution is 7.88. The molecule has 6 nitrogen and oxygen atoms in total. The molecule has 0 spiro atoms. The molecule has 0 bridgehead atoms. The van der Waals surface area contributed by atoms with Crippen molar-refractivity contribution in [3.05, 3.63) is 179 Å². The molecular formula is C42H43FN4O2S. The molecule has 0 amide bonds. The van der Waals surface area contributed by atoms with Crippen LogP contribution in [-0.2, 0) is 28.4 Å². The van der Waals surface area contributed by atoms with Gasteiger partial charge in [0.25, 0.3) is 0 Å². The Kier molecular flexibility index (Phi) is 10.1. The van der Waals surface area contributed by atoms with E-state index in [9.17, 15) is 12.8 Å². The van der Waals surface area contributed by atoms with Gasteiger partial charge in [-0.1, -0.05) is 142 Å². The van der Waals surface area contributed by atoms with Gasteiger partial charge in [-0.25, -0.2) is 22.5 Å². The molecule has 6 rings (SSSR count). The van der Waals surface area contributed by atoms with E-state index in [0.717, 1.165) is 52.2 Å². The van der Waals surface area contributed by atoms with Crippen LogP contribution < -0.4 is 4.72 Å². The van der Waals surface area contributed by atoms with Gasteiger partial charge in [0.15, 0.2) is 0 Å². The molecule has 4 aromatic carbocycles. The number of sulfonamides is 1. The Morgan fingerprint density at radius 3 is 1.78 bits per heavy atom. The number of benzene rings is 4. The summed E-state index contributed by atoms with van der Waals surface area (Å²) in [5.74, 6) is 0.339. The molecule has 0 radical (unpaired) electrons. The Labute approximate surface area is 295 Å². The highest BCUT2D eigenvalue weighted by atomic mass is 32.2. The van der Waals surface area contributed by atoms with Crippen molar-refractivity contribution in [3.8, 4) is 11.3 Å². The maximum Gasteiger partial charge on any atom is 0.209 e. The summed E-state index contributed by atoms with van der Waals surface area (Å²) in [6.45, 7) is 6.68. The largest absolute Gasteiger partial charge is 0.316 e. The molecule has 0 fully saturated rings. The normalized spacial score (nSPS) is 12.9. The molecule has 2 heterocycles. The van der Waals surface area contributed by atoms with Crippen LogP contribution in [0.15, 0.2) is 140 Å². The van der Waals surface area contributed by atoms with Crippen LogP contribution in [-0.4, -0.2) is 29.2 Å². The van der Waals surface area contributed by atoms with Crippen molar-refractivity contribution in [2.24, 2.45) is 5.41 Å². The Balaban J connectivity index is 1.57.